The first-order chi connectivity index (χ1) is 7.54. The average Bonchev–Trinajstić information content (AvgIpc) is 2.18. The minimum Gasteiger partial charge on any atom is -0.481 e. The predicted molar refractivity (Wildman–Crippen MR) is 63.3 cm³/mol. The van der Waals surface area contributed by atoms with E-state index in [2.05, 4.69) is 18.6 Å². The molecule has 16 heavy (non-hydrogen) atoms. The number of ether oxygens (including phenoxy) is 1. The summed E-state index contributed by atoms with van der Waals surface area (Å²) < 4.78 is 4.64. The topological polar surface area (TPSA) is 63.6 Å². The molecule has 0 unspecified atom stereocenters. The predicted octanol–water partition coefficient (Wildman–Crippen LogP) is 3.00. The van der Waals surface area contributed by atoms with Gasteiger partial charge in [0.2, 0.25) is 0 Å². The fraction of sp³-hybridized carbons (Fsp3) is 0.833. The van der Waals surface area contributed by atoms with E-state index >= 15 is 0 Å². The van der Waals surface area contributed by atoms with E-state index in [1.165, 1.54) is 6.92 Å². The van der Waals surface area contributed by atoms with Crippen LogP contribution >= 0.6 is 0 Å². The van der Waals surface area contributed by atoms with Crippen LogP contribution in [0.5, 0.6) is 0 Å². The van der Waals surface area contributed by atoms with Crippen LogP contribution in [-0.2, 0) is 14.3 Å². The Morgan fingerprint density at radius 3 is 2.00 bits per heavy atom. The van der Waals surface area contributed by atoms with Crippen molar-refractivity contribution in [3.8, 4) is 0 Å². The van der Waals surface area contributed by atoms with E-state index in [9.17, 15) is 9.59 Å². The molecule has 0 aliphatic carbocycles. The van der Waals surface area contributed by atoms with Gasteiger partial charge in [0.25, 0.3) is 0 Å². The van der Waals surface area contributed by atoms with Crippen LogP contribution in [0.4, 0.5) is 0 Å². The molecule has 96 valence electrons. The highest BCUT2D eigenvalue weighted by atomic mass is 16.5. The maximum absolute atomic E-state index is 10.1. The Hall–Kier alpha value is -1.06. The molecule has 4 nitrogen and oxygen atoms in total. The van der Waals surface area contributed by atoms with Gasteiger partial charge in [-0.3, -0.25) is 9.59 Å². The standard InChI is InChI=1S/2C6H12O2/c1-3-4-5-8-6(2)7;1-2-3-4-5-6(7)8/h3-5H2,1-2H3;2-5H2,1H3,(H,7,8). The van der Waals surface area contributed by atoms with Gasteiger partial charge in [-0.05, 0) is 12.8 Å². The normalized spacial score (nSPS) is 8.94. The van der Waals surface area contributed by atoms with Crippen LogP contribution in [0.25, 0.3) is 0 Å². The molecule has 0 heterocycles. The number of rotatable bonds is 7. The van der Waals surface area contributed by atoms with Crippen molar-refractivity contribution in [3.63, 3.8) is 0 Å². The zero-order valence-corrected chi connectivity index (χ0v) is 10.6. The maximum atomic E-state index is 10.1. The number of carboxylic acid groups (broad SMARTS) is 1. The molecular formula is C12H24O4. The summed E-state index contributed by atoms with van der Waals surface area (Å²) in [4.78, 5) is 20.0. The van der Waals surface area contributed by atoms with Crippen LogP contribution in [0, 0.1) is 0 Å². The summed E-state index contributed by atoms with van der Waals surface area (Å²) >= 11 is 0. The highest BCUT2D eigenvalue weighted by Crippen LogP contribution is 1.97. The zero-order chi connectivity index (χ0) is 12.8. The molecule has 0 saturated heterocycles. The number of carbonyl (C=O) groups is 2. The van der Waals surface area contributed by atoms with Crippen LogP contribution < -0.4 is 0 Å². The van der Waals surface area contributed by atoms with E-state index in [0.717, 1.165) is 32.1 Å². The Bertz CT molecular complexity index is 158. The van der Waals surface area contributed by atoms with Gasteiger partial charge in [0, 0.05) is 13.3 Å². The first kappa shape index (κ1) is 17.3. The molecule has 0 bridgehead atoms. The summed E-state index contributed by atoms with van der Waals surface area (Å²) in [5.74, 6) is -0.864. The second-order valence-corrected chi connectivity index (χ2v) is 3.54. The summed E-state index contributed by atoms with van der Waals surface area (Å²) in [7, 11) is 0. The van der Waals surface area contributed by atoms with Crippen molar-refractivity contribution in [1.29, 1.82) is 0 Å². The molecule has 0 atom stereocenters. The van der Waals surface area contributed by atoms with Crippen molar-refractivity contribution >= 4 is 11.9 Å². The Labute approximate surface area is 98.0 Å². The van der Waals surface area contributed by atoms with E-state index in [-0.39, 0.29) is 5.97 Å². The number of aliphatic carboxylic acids is 1. The fourth-order valence-electron chi connectivity index (χ4n) is 0.886. The van der Waals surface area contributed by atoms with Crippen LogP contribution in [0.2, 0.25) is 0 Å². The Morgan fingerprint density at radius 1 is 1.06 bits per heavy atom. The third kappa shape index (κ3) is 23.1. The molecule has 0 spiro atoms. The molecule has 0 aromatic heterocycles. The molecule has 0 fully saturated rings. The summed E-state index contributed by atoms with van der Waals surface area (Å²) in [5.41, 5.74) is 0. The second kappa shape index (κ2) is 13.9. The lowest BCUT2D eigenvalue weighted by atomic mass is 10.2. The average molecular weight is 232 g/mol. The third-order valence-corrected chi connectivity index (χ3v) is 1.80. The largest absolute Gasteiger partial charge is 0.481 e. The van der Waals surface area contributed by atoms with Crippen LogP contribution in [0.1, 0.15) is 59.3 Å². The second-order valence-electron chi connectivity index (χ2n) is 3.54. The molecule has 0 radical (unpaired) electrons. The van der Waals surface area contributed by atoms with Gasteiger partial charge < -0.3 is 9.84 Å². The van der Waals surface area contributed by atoms with E-state index < -0.39 is 5.97 Å². The molecule has 1 N–H and O–H groups in total. The van der Waals surface area contributed by atoms with Crippen molar-refractivity contribution in [2.24, 2.45) is 0 Å². The van der Waals surface area contributed by atoms with Gasteiger partial charge in [-0.25, -0.2) is 0 Å². The lowest BCUT2D eigenvalue weighted by Crippen LogP contribution is -1.99. The van der Waals surface area contributed by atoms with Gasteiger partial charge in [0.1, 0.15) is 0 Å². The van der Waals surface area contributed by atoms with Crippen LogP contribution in [0.15, 0.2) is 0 Å². The number of hydrogen-bond donors (Lipinski definition) is 1. The maximum Gasteiger partial charge on any atom is 0.303 e. The van der Waals surface area contributed by atoms with Gasteiger partial charge in [-0.15, -0.1) is 0 Å². The summed E-state index contributed by atoms with van der Waals surface area (Å²) in [6.07, 6.45) is 5.33. The Balaban J connectivity index is 0. The molecule has 4 heteroatoms. The minimum absolute atomic E-state index is 0.182. The van der Waals surface area contributed by atoms with E-state index in [1.807, 2.05) is 0 Å². The van der Waals surface area contributed by atoms with Crippen LogP contribution in [0.3, 0.4) is 0 Å². The fourth-order valence-corrected chi connectivity index (χ4v) is 0.886. The third-order valence-electron chi connectivity index (χ3n) is 1.80. The number of carboxylic acids is 1. The Kier molecular flexibility index (Phi) is 15.1. The van der Waals surface area contributed by atoms with Crippen molar-refractivity contribution in [3.05, 3.63) is 0 Å². The Morgan fingerprint density at radius 2 is 1.62 bits per heavy atom. The SMILES string of the molecule is CCCCCC(=O)O.CCCCOC(C)=O. The van der Waals surface area contributed by atoms with Crippen molar-refractivity contribution < 1.29 is 19.4 Å². The minimum atomic E-state index is -0.682. The molecular weight excluding hydrogens is 208 g/mol. The number of carbonyl (C=O) groups excluding carboxylic acids is 1. The summed E-state index contributed by atoms with van der Waals surface area (Å²) in [5, 5.41) is 8.14. The van der Waals surface area contributed by atoms with E-state index in [4.69, 9.17) is 5.11 Å². The molecule has 0 aliphatic heterocycles. The molecule has 0 amide bonds. The van der Waals surface area contributed by atoms with Crippen molar-refractivity contribution in [1.82, 2.24) is 0 Å². The van der Waals surface area contributed by atoms with E-state index in [1.54, 1.807) is 0 Å². The first-order valence-corrected chi connectivity index (χ1v) is 5.89. The molecule has 0 aromatic carbocycles. The lowest BCUT2D eigenvalue weighted by molar-refractivity contribution is -0.141. The molecule has 0 saturated carbocycles. The zero-order valence-electron chi connectivity index (χ0n) is 10.6. The highest BCUT2D eigenvalue weighted by molar-refractivity contribution is 5.66. The monoisotopic (exact) mass is 232 g/mol. The quantitative estimate of drug-likeness (QED) is 0.541. The molecule has 0 rings (SSSR count). The van der Waals surface area contributed by atoms with Crippen molar-refractivity contribution in [2.75, 3.05) is 6.61 Å². The van der Waals surface area contributed by atoms with Crippen molar-refractivity contribution in [2.45, 2.75) is 59.3 Å². The van der Waals surface area contributed by atoms with Crippen LogP contribution in [-0.4, -0.2) is 23.7 Å². The first-order valence-electron chi connectivity index (χ1n) is 5.89. The van der Waals surface area contributed by atoms with Gasteiger partial charge in [0.15, 0.2) is 0 Å². The smallest absolute Gasteiger partial charge is 0.303 e. The van der Waals surface area contributed by atoms with E-state index in [0.29, 0.717) is 13.0 Å². The highest BCUT2D eigenvalue weighted by Gasteiger charge is 1.92. The molecule has 0 aromatic rings. The number of unbranched alkanes of at least 4 members (excludes halogenated alkanes) is 3. The summed E-state index contributed by atoms with van der Waals surface area (Å²) in [6, 6.07) is 0. The van der Waals surface area contributed by atoms with Gasteiger partial charge in [-0.2, -0.15) is 0 Å². The number of esters is 1. The number of hydrogen-bond acceptors (Lipinski definition) is 3. The van der Waals surface area contributed by atoms with Gasteiger partial charge in [-0.1, -0.05) is 33.1 Å². The van der Waals surface area contributed by atoms with Gasteiger partial charge in [0.05, 0.1) is 6.61 Å². The lowest BCUT2D eigenvalue weighted by Gasteiger charge is -1.96. The molecule has 0 aliphatic rings. The summed E-state index contributed by atoms with van der Waals surface area (Å²) in [6.45, 7) is 6.12. The van der Waals surface area contributed by atoms with Gasteiger partial charge >= 0.3 is 11.9 Å².